The molecular weight excluding hydrogens is 354 g/mol. The predicted octanol–water partition coefficient (Wildman–Crippen LogP) is 4.77. The number of carbonyl (C=O) groups is 1. The summed E-state index contributed by atoms with van der Waals surface area (Å²) in [6, 6.07) is 0. The molecule has 3 nitrogen and oxygen atoms in total. The van der Waals surface area contributed by atoms with Gasteiger partial charge < -0.3 is 9.84 Å². The third kappa shape index (κ3) is 4.80. The van der Waals surface area contributed by atoms with Crippen molar-refractivity contribution in [3.63, 3.8) is 0 Å². The Hall–Kier alpha value is -0.990. The normalized spacial score (nSPS) is 23.0. The van der Waals surface area contributed by atoms with E-state index in [-0.39, 0.29) is 0 Å². The topological polar surface area (TPSA) is 46.5 Å². The van der Waals surface area contributed by atoms with E-state index in [1.165, 1.54) is 0 Å². The lowest BCUT2D eigenvalue weighted by Crippen LogP contribution is -2.49. The molecule has 1 saturated carbocycles. The second-order valence-corrected chi connectivity index (χ2v) is 7.15. The summed E-state index contributed by atoms with van der Waals surface area (Å²) in [6.45, 7) is 2.36. The molecule has 0 aliphatic heterocycles. The van der Waals surface area contributed by atoms with Crippen molar-refractivity contribution in [3.05, 3.63) is 0 Å². The Morgan fingerprint density at radius 3 is 1.92 bits per heavy atom. The third-order valence-corrected chi connectivity index (χ3v) is 5.18. The highest BCUT2D eigenvalue weighted by atomic mass is 19.4. The summed E-state index contributed by atoms with van der Waals surface area (Å²) in [5, 5.41) is 9.68. The van der Waals surface area contributed by atoms with Gasteiger partial charge in [0.05, 0.1) is 0 Å². The van der Waals surface area contributed by atoms with Crippen molar-refractivity contribution >= 4 is 5.97 Å². The Kier molecular flexibility index (Phi) is 6.46. The number of hydrogen-bond donors (Lipinski definition) is 1. The third-order valence-electron chi connectivity index (χ3n) is 5.18. The number of hydrogen-bond acceptors (Lipinski definition) is 3. The smallest absolute Gasteiger partial charge is 0.417 e. The van der Waals surface area contributed by atoms with Gasteiger partial charge in [0.2, 0.25) is 0 Å². The van der Waals surface area contributed by atoms with Crippen molar-refractivity contribution in [1.29, 1.82) is 0 Å². The minimum atomic E-state index is -4.98. The first kappa shape index (κ1) is 22.1. The second-order valence-electron chi connectivity index (χ2n) is 7.15. The van der Waals surface area contributed by atoms with E-state index < -0.39 is 54.2 Å². The highest BCUT2D eigenvalue weighted by Crippen LogP contribution is 2.44. The summed E-state index contributed by atoms with van der Waals surface area (Å²) in [5.41, 5.74) is -5.95. The van der Waals surface area contributed by atoms with Gasteiger partial charge in [0, 0.05) is 6.42 Å². The fourth-order valence-electron chi connectivity index (χ4n) is 2.87. The molecule has 3 unspecified atom stereocenters. The molecule has 0 bridgehead atoms. The van der Waals surface area contributed by atoms with Gasteiger partial charge in [-0.1, -0.05) is 19.8 Å². The number of aliphatic hydroxyl groups is 1. The highest BCUT2D eigenvalue weighted by molar-refractivity contribution is 5.77. The second kappa shape index (κ2) is 7.32. The maximum Gasteiger partial charge on any atom is 0.417 e. The van der Waals surface area contributed by atoms with Crippen molar-refractivity contribution in [1.82, 2.24) is 0 Å². The molecule has 25 heavy (non-hydrogen) atoms. The van der Waals surface area contributed by atoms with Crippen LogP contribution in [0.25, 0.3) is 0 Å². The van der Waals surface area contributed by atoms with Gasteiger partial charge in [0.25, 0.3) is 0 Å². The lowest BCUT2D eigenvalue weighted by atomic mass is 9.85. The zero-order chi connectivity index (χ0) is 19.7. The van der Waals surface area contributed by atoms with E-state index in [1.807, 2.05) is 0 Å². The summed E-state index contributed by atoms with van der Waals surface area (Å²) >= 11 is 0. The van der Waals surface area contributed by atoms with E-state index in [9.17, 15) is 36.2 Å². The van der Waals surface area contributed by atoms with E-state index in [0.717, 1.165) is 6.92 Å². The SMILES string of the molecule is CCC(C)(C(=O)OC(CC(C)(O)C(F)(F)F)C1CCCC1)C(F)(F)F. The van der Waals surface area contributed by atoms with Gasteiger partial charge in [0.15, 0.2) is 11.0 Å². The number of carbonyl (C=O) groups excluding carboxylic acids is 1. The summed E-state index contributed by atoms with van der Waals surface area (Å²) in [5.74, 6) is -2.09. The predicted molar refractivity (Wildman–Crippen MR) is 77.6 cm³/mol. The number of ether oxygens (including phenoxy) is 1. The van der Waals surface area contributed by atoms with E-state index in [1.54, 1.807) is 0 Å². The number of halogens is 6. The summed E-state index contributed by atoms with van der Waals surface area (Å²) < 4.78 is 83.3. The largest absolute Gasteiger partial charge is 0.461 e. The van der Waals surface area contributed by atoms with Crippen molar-refractivity contribution in [3.8, 4) is 0 Å². The van der Waals surface area contributed by atoms with Crippen molar-refractivity contribution in [2.24, 2.45) is 11.3 Å². The minimum absolute atomic E-state index is 0.445. The van der Waals surface area contributed by atoms with Crippen LogP contribution in [0, 0.1) is 11.3 Å². The quantitative estimate of drug-likeness (QED) is 0.535. The van der Waals surface area contributed by atoms with Crippen LogP contribution in [0.4, 0.5) is 26.3 Å². The molecule has 3 atom stereocenters. The minimum Gasteiger partial charge on any atom is -0.461 e. The van der Waals surface area contributed by atoms with Crippen molar-refractivity contribution in [2.45, 2.75) is 83.4 Å². The van der Waals surface area contributed by atoms with Gasteiger partial charge in [-0.25, -0.2) is 0 Å². The monoisotopic (exact) mass is 378 g/mol. The molecule has 9 heteroatoms. The van der Waals surface area contributed by atoms with Crippen LogP contribution < -0.4 is 0 Å². The fourth-order valence-corrected chi connectivity index (χ4v) is 2.87. The first-order valence-electron chi connectivity index (χ1n) is 8.22. The Morgan fingerprint density at radius 1 is 1.08 bits per heavy atom. The highest BCUT2D eigenvalue weighted by Gasteiger charge is 2.58. The molecular formula is C16H24F6O3. The molecule has 1 rings (SSSR count). The molecule has 1 fully saturated rings. The molecule has 0 radical (unpaired) electrons. The van der Waals surface area contributed by atoms with E-state index >= 15 is 0 Å². The van der Waals surface area contributed by atoms with Gasteiger partial charge in [-0.05, 0) is 39.0 Å². The molecule has 1 aliphatic carbocycles. The van der Waals surface area contributed by atoms with Gasteiger partial charge in [0.1, 0.15) is 6.10 Å². The van der Waals surface area contributed by atoms with Gasteiger partial charge in [-0.2, -0.15) is 26.3 Å². The first-order valence-corrected chi connectivity index (χ1v) is 8.22. The summed E-state index contributed by atoms with van der Waals surface area (Å²) in [4.78, 5) is 12.1. The molecule has 1 aliphatic rings. The van der Waals surface area contributed by atoms with Crippen molar-refractivity contribution in [2.75, 3.05) is 0 Å². The van der Waals surface area contributed by atoms with Crippen LogP contribution in [0.2, 0.25) is 0 Å². The summed E-state index contributed by atoms with van der Waals surface area (Å²) in [6.07, 6.45) is -10.6. The van der Waals surface area contributed by atoms with Gasteiger partial charge >= 0.3 is 18.3 Å². The van der Waals surface area contributed by atoms with Gasteiger partial charge in [-0.15, -0.1) is 0 Å². The van der Waals surface area contributed by atoms with Crippen LogP contribution >= 0.6 is 0 Å². The zero-order valence-electron chi connectivity index (χ0n) is 14.4. The Labute approximate surface area is 142 Å². The number of alkyl halides is 6. The molecule has 0 spiro atoms. The Bertz CT molecular complexity index is 465. The first-order chi connectivity index (χ1) is 11.2. The van der Waals surface area contributed by atoms with Crippen LogP contribution in [-0.4, -0.2) is 35.1 Å². The van der Waals surface area contributed by atoms with Crippen LogP contribution in [0.5, 0.6) is 0 Å². The molecule has 0 amide bonds. The Morgan fingerprint density at radius 2 is 1.56 bits per heavy atom. The van der Waals surface area contributed by atoms with Gasteiger partial charge in [-0.3, -0.25) is 4.79 Å². The molecule has 0 aromatic rings. The van der Waals surface area contributed by atoms with Crippen LogP contribution in [0.1, 0.15) is 59.3 Å². The maximum absolute atomic E-state index is 13.2. The van der Waals surface area contributed by atoms with Crippen molar-refractivity contribution < 1.29 is 41.0 Å². The van der Waals surface area contributed by atoms with E-state index in [0.29, 0.717) is 39.5 Å². The maximum atomic E-state index is 13.2. The van der Waals surface area contributed by atoms with Crippen LogP contribution in [0.15, 0.2) is 0 Å². The molecule has 0 heterocycles. The molecule has 0 aromatic heterocycles. The average Bonchev–Trinajstić information content (AvgIpc) is 2.96. The standard InChI is InChI=1S/C16H24F6O3/c1-4-13(2,15(17,18)19)12(23)25-11(10-7-5-6-8-10)9-14(3,24)16(20,21)22/h10-11,24H,4-9H2,1-3H3. The lowest BCUT2D eigenvalue weighted by molar-refractivity contribution is -0.267. The lowest BCUT2D eigenvalue weighted by Gasteiger charge is -2.36. The fraction of sp³-hybridized carbons (Fsp3) is 0.938. The summed E-state index contributed by atoms with van der Waals surface area (Å²) in [7, 11) is 0. The average molecular weight is 378 g/mol. The molecule has 1 N–H and O–H groups in total. The zero-order valence-corrected chi connectivity index (χ0v) is 14.4. The molecule has 0 saturated heterocycles. The van der Waals surface area contributed by atoms with Crippen LogP contribution in [-0.2, 0) is 9.53 Å². The number of rotatable bonds is 6. The van der Waals surface area contributed by atoms with Crippen LogP contribution in [0.3, 0.4) is 0 Å². The molecule has 0 aromatic carbocycles. The Balaban J connectivity index is 3.04. The van der Waals surface area contributed by atoms with E-state index in [4.69, 9.17) is 4.74 Å². The number of esters is 1. The van der Waals surface area contributed by atoms with E-state index in [2.05, 4.69) is 0 Å². The molecule has 148 valence electrons.